The lowest BCUT2D eigenvalue weighted by molar-refractivity contribution is -0.772. The van der Waals surface area contributed by atoms with E-state index in [1.165, 1.54) is 32.1 Å². The summed E-state index contributed by atoms with van der Waals surface area (Å²) >= 11 is 0. The Bertz CT molecular complexity index is 319. The molecule has 0 unspecified atom stereocenters. The van der Waals surface area contributed by atoms with Gasteiger partial charge in [-0.05, 0) is 6.42 Å². The van der Waals surface area contributed by atoms with E-state index in [4.69, 9.17) is 0 Å². The Morgan fingerprint density at radius 2 is 1.19 bits per heavy atom. The van der Waals surface area contributed by atoms with Crippen molar-refractivity contribution in [2.45, 2.75) is 83.2 Å². The summed E-state index contributed by atoms with van der Waals surface area (Å²) in [6.45, 7) is 2.17. The highest BCUT2D eigenvalue weighted by atomic mass is 16.7. The Kier molecular flexibility index (Phi) is 10.4. The minimum atomic E-state index is -2.78. The largest absolute Gasteiger partial charge is 0.523 e. The van der Waals surface area contributed by atoms with Crippen LogP contribution in [0, 0.1) is 20.2 Å². The number of hydrogen-bond acceptors (Lipinski definition) is 5. The zero-order chi connectivity index (χ0) is 16.1. The van der Waals surface area contributed by atoms with Crippen LogP contribution in [0.1, 0.15) is 77.6 Å². The van der Waals surface area contributed by atoms with E-state index in [1.807, 2.05) is 0 Å². The summed E-state index contributed by atoms with van der Waals surface area (Å²) in [5.41, 5.74) is -2.78. The topological polar surface area (TPSA) is 103 Å². The number of rotatable bonds is 14. The first-order valence-electron chi connectivity index (χ1n) is 7.69. The number of nitrogens with zero attached hydrogens (tertiary/aromatic N) is 2. The van der Waals surface area contributed by atoms with Gasteiger partial charge in [0.05, 0.1) is 6.42 Å². The Morgan fingerprint density at radius 1 is 0.810 bits per heavy atom. The second-order valence-corrected chi connectivity index (χ2v) is 5.36. The lowest BCUT2D eigenvalue weighted by Crippen LogP contribution is -2.47. The van der Waals surface area contributed by atoms with Crippen LogP contribution >= 0.6 is 0 Å². The molecule has 1 radical (unpaired) electrons. The van der Waals surface area contributed by atoms with Gasteiger partial charge in [0.2, 0.25) is 0 Å². The van der Waals surface area contributed by atoms with Gasteiger partial charge in [-0.2, -0.15) is 0 Å². The average Bonchev–Trinajstić information content (AvgIpc) is 2.44. The van der Waals surface area contributed by atoms with E-state index < -0.39 is 15.5 Å². The third-order valence-electron chi connectivity index (χ3n) is 3.65. The molecule has 0 aromatic rings. The van der Waals surface area contributed by atoms with Gasteiger partial charge in [-0.25, -0.2) is 0 Å². The maximum atomic E-state index is 10.7. The fourth-order valence-electron chi connectivity index (χ4n) is 2.23. The zero-order valence-electron chi connectivity index (χ0n) is 12.7. The first-order valence-corrected chi connectivity index (χ1v) is 7.69. The summed E-state index contributed by atoms with van der Waals surface area (Å²) in [7, 11) is 0. The Hall–Kier alpha value is -1.53. The van der Waals surface area contributed by atoms with Gasteiger partial charge in [-0.1, -0.05) is 64.7 Å². The molecule has 0 aromatic heterocycles. The second kappa shape index (κ2) is 11.2. The second-order valence-electron chi connectivity index (χ2n) is 5.36. The number of nitro groups is 2. The van der Waals surface area contributed by atoms with E-state index >= 15 is 0 Å². The van der Waals surface area contributed by atoms with Crippen LogP contribution in [0.15, 0.2) is 0 Å². The number of carbonyl (C=O) groups excluding carboxylic acids is 1. The predicted octanol–water partition coefficient (Wildman–Crippen LogP) is 3.66. The van der Waals surface area contributed by atoms with Crippen LogP contribution in [0.4, 0.5) is 0 Å². The molecule has 0 heterocycles. The summed E-state index contributed by atoms with van der Waals surface area (Å²) in [4.78, 5) is 29.7. The third kappa shape index (κ3) is 7.15. The molecule has 7 nitrogen and oxygen atoms in total. The van der Waals surface area contributed by atoms with Gasteiger partial charge in [-0.15, -0.1) is 0 Å². The van der Waals surface area contributed by atoms with E-state index in [1.54, 1.807) is 0 Å². The number of hydrogen-bond donors (Lipinski definition) is 0. The molecule has 0 fully saturated rings. The van der Waals surface area contributed by atoms with Gasteiger partial charge in [0, 0.05) is 0 Å². The third-order valence-corrected chi connectivity index (χ3v) is 3.65. The molecule has 0 saturated heterocycles. The van der Waals surface area contributed by atoms with E-state index in [9.17, 15) is 25.0 Å². The van der Waals surface area contributed by atoms with Gasteiger partial charge in [-0.3, -0.25) is 25.0 Å². The van der Waals surface area contributed by atoms with Crippen molar-refractivity contribution in [2.24, 2.45) is 0 Å². The van der Waals surface area contributed by atoms with Crippen molar-refractivity contribution < 1.29 is 14.6 Å². The zero-order valence-corrected chi connectivity index (χ0v) is 12.7. The summed E-state index contributed by atoms with van der Waals surface area (Å²) in [5.74, 6) is 0. The first kappa shape index (κ1) is 19.5. The Labute approximate surface area is 125 Å². The summed E-state index contributed by atoms with van der Waals surface area (Å²) in [6, 6.07) is 0. The van der Waals surface area contributed by atoms with Crippen molar-refractivity contribution in [1.29, 1.82) is 0 Å². The van der Waals surface area contributed by atoms with Crippen LogP contribution in [-0.2, 0) is 4.79 Å². The van der Waals surface area contributed by atoms with Crippen LogP contribution in [0.25, 0.3) is 0 Å². The smallest absolute Gasteiger partial charge is 0.273 e. The van der Waals surface area contributed by atoms with Gasteiger partial charge in [0.15, 0.2) is 0 Å². The van der Waals surface area contributed by atoms with Gasteiger partial charge < -0.3 is 0 Å². The van der Waals surface area contributed by atoms with Gasteiger partial charge in [0.25, 0.3) is 0 Å². The highest BCUT2D eigenvalue weighted by Gasteiger charge is 2.57. The lowest BCUT2D eigenvalue weighted by atomic mass is 10.0. The standard InChI is InChI=1S/C14H25N2O5/c1-2-3-4-5-6-7-8-9-10-11-12-14(13-17,15(18)19)16(20)21/h2-12H2,1H3. The molecular formula is C14H25N2O5. The molecule has 0 aliphatic heterocycles. The molecule has 0 aliphatic carbocycles. The Morgan fingerprint density at radius 3 is 1.52 bits per heavy atom. The molecule has 121 valence electrons. The van der Waals surface area contributed by atoms with Crippen LogP contribution in [0.5, 0.6) is 0 Å². The average molecular weight is 301 g/mol. The fourth-order valence-corrected chi connectivity index (χ4v) is 2.23. The van der Waals surface area contributed by atoms with Crippen molar-refractivity contribution in [3.8, 4) is 0 Å². The quantitative estimate of drug-likeness (QED) is 0.211. The molecule has 0 rings (SSSR count). The van der Waals surface area contributed by atoms with Crippen molar-refractivity contribution in [3.05, 3.63) is 20.2 Å². The van der Waals surface area contributed by atoms with Crippen LogP contribution in [0.3, 0.4) is 0 Å². The van der Waals surface area contributed by atoms with Crippen molar-refractivity contribution in [3.63, 3.8) is 0 Å². The molecular weight excluding hydrogens is 276 g/mol. The van der Waals surface area contributed by atoms with Gasteiger partial charge >= 0.3 is 11.9 Å². The maximum Gasteiger partial charge on any atom is 0.523 e. The molecule has 0 bridgehead atoms. The normalized spacial score (nSPS) is 11.3. The van der Waals surface area contributed by atoms with E-state index in [2.05, 4.69) is 6.92 Å². The molecule has 0 aliphatic rings. The molecule has 0 N–H and O–H groups in total. The minimum absolute atomic E-state index is 0.299. The van der Waals surface area contributed by atoms with E-state index in [0.29, 0.717) is 12.8 Å². The fraction of sp³-hybridized carbons (Fsp3) is 0.929. The highest BCUT2D eigenvalue weighted by molar-refractivity contribution is 5.59. The Balaban J connectivity index is 3.76. The molecule has 0 spiro atoms. The van der Waals surface area contributed by atoms with Crippen LogP contribution in [-0.4, -0.2) is 21.8 Å². The highest BCUT2D eigenvalue weighted by Crippen LogP contribution is 2.19. The summed E-state index contributed by atoms with van der Waals surface area (Å²) in [6.07, 6.45) is 10.8. The van der Waals surface area contributed by atoms with Crippen molar-refractivity contribution >= 4 is 6.29 Å². The van der Waals surface area contributed by atoms with E-state index in [0.717, 1.165) is 25.5 Å². The molecule has 0 atom stereocenters. The van der Waals surface area contributed by atoms with Crippen molar-refractivity contribution in [2.75, 3.05) is 0 Å². The summed E-state index contributed by atoms with van der Waals surface area (Å²) in [5, 5.41) is 21.4. The molecule has 0 aromatic carbocycles. The lowest BCUT2D eigenvalue weighted by Gasteiger charge is -2.09. The van der Waals surface area contributed by atoms with Crippen molar-refractivity contribution in [1.82, 2.24) is 0 Å². The molecule has 21 heavy (non-hydrogen) atoms. The van der Waals surface area contributed by atoms with Crippen LogP contribution < -0.4 is 0 Å². The predicted molar refractivity (Wildman–Crippen MR) is 78.9 cm³/mol. The molecule has 0 saturated carbocycles. The van der Waals surface area contributed by atoms with Gasteiger partial charge in [0.1, 0.15) is 9.85 Å². The van der Waals surface area contributed by atoms with E-state index in [-0.39, 0.29) is 6.42 Å². The van der Waals surface area contributed by atoms with Crippen LogP contribution in [0.2, 0.25) is 0 Å². The first-order chi connectivity index (χ1) is 10.0. The monoisotopic (exact) mass is 301 g/mol. The number of unbranched alkanes of at least 4 members (excludes halogenated alkanes) is 9. The minimum Gasteiger partial charge on any atom is -0.273 e. The molecule has 7 heteroatoms. The maximum absolute atomic E-state index is 10.7. The SMILES string of the molecule is CCCCCCCCCCCCC([C]=O)([N+](=O)[O-])[N+](=O)[O-]. The summed E-state index contributed by atoms with van der Waals surface area (Å²) < 4.78 is 0. The molecule has 0 amide bonds.